The molecule has 2 aromatic heterocycles. The van der Waals surface area contributed by atoms with E-state index in [1.54, 1.807) is 29.7 Å². The van der Waals surface area contributed by atoms with Crippen molar-refractivity contribution in [2.45, 2.75) is 6.04 Å². The van der Waals surface area contributed by atoms with Gasteiger partial charge in [-0.1, -0.05) is 12.1 Å². The lowest BCUT2D eigenvalue weighted by molar-refractivity contribution is 0.628. The van der Waals surface area contributed by atoms with Crippen LogP contribution in [0, 0.1) is 5.82 Å². The second-order valence-corrected chi connectivity index (χ2v) is 5.33. The molecule has 0 saturated heterocycles. The van der Waals surface area contributed by atoms with Crippen LogP contribution in [-0.2, 0) is 0 Å². The molecule has 0 fully saturated rings. The highest BCUT2D eigenvalue weighted by Gasteiger charge is 2.16. The monoisotopic (exact) mass is 284 g/mol. The predicted octanol–water partition coefficient (Wildman–Crippen LogP) is 4.48. The smallest absolute Gasteiger partial charge is 0.123 e. The fourth-order valence-corrected chi connectivity index (χ4v) is 2.79. The minimum atomic E-state index is -0.235. The molecule has 0 aliphatic rings. The maximum absolute atomic E-state index is 13.0. The van der Waals surface area contributed by atoms with Crippen molar-refractivity contribution >= 4 is 17.0 Å². The summed E-state index contributed by atoms with van der Waals surface area (Å²) in [7, 11) is 0. The van der Waals surface area contributed by atoms with Crippen molar-refractivity contribution in [3.63, 3.8) is 0 Å². The number of pyridine rings is 1. The minimum absolute atomic E-state index is 0.0262. The maximum Gasteiger partial charge on any atom is 0.123 e. The van der Waals surface area contributed by atoms with Gasteiger partial charge in [-0.25, -0.2) is 4.39 Å². The molecule has 2 nitrogen and oxygen atoms in total. The average molecular weight is 284 g/mol. The first-order chi connectivity index (χ1) is 9.83. The van der Waals surface area contributed by atoms with Crippen LogP contribution in [0.3, 0.4) is 0 Å². The Bertz CT molecular complexity index is 651. The van der Waals surface area contributed by atoms with Gasteiger partial charge in [-0.3, -0.25) is 4.98 Å². The van der Waals surface area contributed by atoms with Crippen LogP contribution in [0.1, 0.15) is 16.6 Å². The normalized spacial score (nSPS) is 12.1. The molecule has 1 atom stereocenters. The molecule has 0 radical (unpaired) electrons. The van der Waals surface area contributed by atoms with Gasteiger partial charge in [0.1, 0.15) is 11.9 Å². The molecule has 3 rings (SSSR count). The van der Waals surface area contributed by atoms with Gasteiger partial charge in [-0.05, 0) is 47.8 Å². The van der Waals surface area contributed by atoms with E-state index in [1.165, 1.54) is 17.0 Å². The Morgan fingerprint density at radius 3 is 2.50 bits per heavy atom. The Hall–Kier alpha value is -2.20. The molecule has 0 bridgehead atoms. The number of hydrogen-bond acceptors (Lipinski definition) is 3. The second kappa shape index (κ2) is 5.84. The van der Waals surface area contributed by atoms with Crippen molar-refractivity contribution in [2.24, 2.45) is 0 Å². The number of anilines is 1. The fourth-order valence-electron chi connectivity index (χ4n) is 2.01. The van der Waals surface area contributed by atoms with Crippen LogP contribution in [0.25, 0.3) is 0 Å². The van der Waals surface area contributed by atoms with Gasteiger partial charge in [0.25, 0.3) is 0 Å². The molecule has 3 aromatic rings. The van der Waals surface area contributed by atoms with Crippen LogP contribution in [0.2, 0.25) is 0 Å². The molecule has 1 aromatic carbocycles. The van der Waals surface area contributed by atoms with E-state index >= 15 is 0 Å². The van der Waals surface area contributed by atoms with Crippen LogP contribution in [-0.4, -0.2) is 4.98 Å². The number of nitrogens with zero attached hydrogens (tertiary/aromatic N) is 1. The van der Waals surface area contributed by atoms with Crippen LogP contribution < -0.4 is 5.32 Å². The minimum Gasteiger partial charge on any atom is -0.372 e. The Kier molecular flexibility index (Phi) is 3.74. The van der Waals surface area contributed by atoms with E-state index in [0.29, 0.717) is 0 Å². The Labute approximate surface area is 120 Å². The topological polar surface area (TPSA) is 24.9 Å². The number of aromatic nitrogens is 1. The molecule has 0 amide bonds. The van der Waals surface area contributed by atoms with E-state index in [4.69, 9.17) is 0 Å². The van der Waals surface area contributed by atoms with E-state index in [-0.39, 0.29) is 11.9 Å². The Morgan fingerprint density at radius 2 is 1.85 bits per heavy atom. The Balaban J connectivity index is 1.92. The molecule has 1 unspecified atom stereocenters. The zero-order chi connectivity index (χ0) is 13.8. The molecule has 0 aliphatic heterocycles. The van der Waals surface area contributed by atoms with Gasteiger partial charge in [0.2, 0.25) is 0 Å². The fraction of sp³-hybridized carbons (Fsp3) is 0.0625. The van der Waals surface area contributed by atoms with E-state index < -0.39 is 0 Å². The van der Waals surface area contributed by atoms with Gasteiger partial charge in [-0.2, -0.15) is 0 Å². The summed E-state index contributed by atoms with van der Waals surface area (Å²) in [6.45, 7) is 0. The molecule has 0 aliphatic carbocycles. The van der Waals surface area contributed by atoms with Crippen molar-refractivity contribution in [3.05, 3.63) is 82.6 Å². The summed E-state index contributed by atoms with van der Waals surface area (Å²) in [6, 6.07) is 16.3. The summed E-state index contributed by atoms with van der Waals surface area (Å²) in [5.41, 5.74) is 1.81. The summed E-state index contributed by atoms with van der Waals surface area (Å²) in [5, 5.41) is 5.45. The van der Waals surface area contributed by atoms with E-state index in [0.717, 1.165) is 11.4 Å². The lowest BCUT2D eigenvalue weighted by atomic mass is 10.1. The lowest BCUT2D eigenvalue weighted by Gasteiger charge is -2.18. The second-order valence-electron chi connectivity index (χ2n) is 4.35. The number of nitrogens with one attached hydrogen (secondary N) is 1. The maximum atomic E-state index is 13.0. The third kappa shape index (κ3) is 2.86. The summed E-state index contributed by atoms with van der Waals surface area (Å²) in [4.78, 5) is 5.59. The highest BCUT2D eigenvalue weighted by molar-refractivity contribution is 7.10. The van der Waals surface area contributed by atoms with Crippen molar-refractivity contribution in [1.29, 1.82) is 0 Å². The van der Waals surface area contributed by atoms with Crippen LogP contribution in [0.15, 0.2) is 66.2 Å². The van der Waals surface area contributed by atoms with Gasteiger partial charge >= 0.3 is 0 Å². The van der Waals surface area contributed by atoms with Crippen molar-refractivity contribution < 1.29 is 4.39 Å². The van der Waals surface area contributed by atoms with Crippen molar-refractivity contribution in [3.8, 4) is 0 Å². The van der Waals surface area contributed by atoms with Gasteiger partial charge in [0, 0.05) is 16.8 Å². The van der Waals surface area contributed by atoms with Gasteiger partial charge in [-0.15, -0.1) is 11.3 Å². The largest absolute Gasteiger partial charge is 0.372 e. The van der Waals surface area contributed by atoms with Crippen LogP contribution in [0.5, 0.6) is 0 Å². The molecular weight excluding hydrogens is 271 g/mol. The van der Waals surface area contributed by atoms with Crippen LogP contribution >= 0.6 is 11.3 Å². The molecule has 0 spiro atoms. The first-order valence-corrected chi connectivity index (χ1v) is 7.17. The summed E-state index contributed by atoms with van der Waals surface area (Å²) in [5.74, 6) is -0.235. The molecule has 2 heterocycles. The molecule has 100 valence electrons. The number of halogens is 1. The summed E-state index contributed by atoms with van der Waals surface area (Å²) < 4.78 is 13.0. The van der Waals surface area contributed by atoms with Crippen molar-refractivity contribution in [2.75, 3.05) is 5.32 Å². The lowest BCUT2D eigenvalue weighted by Crippen LogP contribution is -2.12. The summed E-state index contributed by atoms with van der Waals surface area (Å²) in [6.07, 6.45) is 1.78. The quantitative estimate of drug-likeness (QED) is 0.764. The van der Waals surface area contributed by atoms with Crippen molar-refractivity contribution in [1.82, 2.24) is 4.98 Å². The summed E-state index contributed by atoms with van der Waals surface area (Å²) >= 11 is 1.67. The van der Waals surface area contributed by atoms with Gasteiger partial charge < -0.3 is 5.32 Å². The highest BCUT2D eigenvalue weighted by atomic mass is 32.1. The first-order valence-electron chi connectivity index (χ1n) is 6.29. The molecule has 0 saturated carbocycles. The first kappa shape index (κ1) is 12.8. The molecular formula is C16H13FN2S. The third-order valence-corrected chi connectivity index (χ3v) is 3.90. The van der Waals surface area contributed by atoms with E-state index in [1.807, 2.05) is 29.6 Å². The third-order valence-electron chi connectivity index (χ3n) is 2.97. The van der Waals surface area contributed by atoms with Crippen LogP contribution in [0.4, 0.5) is 10.1 Å². The SMILES string of the molecule is Fc1ccc(NC(c2ccccn2)c2cccs2)cc1. The number of thiophene rings is 1. The molecule has 4 heteroatoms. The number of benzene rings is 1. The van der Waals surface area contributed by atoms with E-state index in [2.05, 4.69) is 16.4 Å². The van der Waals surface area contributed by atoms with Gasteiger partial charge in [0.05, 0.1) is 5.69 Å². The molecule has 20 heavy (non-hydrogen) atoms. The zero-order valence-electron chi connectivity index (χ0n) is 10.7. The standard InChI is InChI=1S/C16H13FN2S/c17-12-6-8-13(9-7-12)19-16(15-5-3-11-20-15)14-4-1-2-10-18-14/h1-11,16,19H. The molecule has 1 N–H and O–H groups in total. The average Bonchev–Trinajstić information content (AvgIpc) is 3.01. The number of rotatable bonds is 4. The number of hydrogen-bond donors (Lipinski definition) is 1. The predicted molar refractivity (Wildman–Crippen MR) is 80.4 cm³/mol. The Morgan fingerprint density at radius 1 is 1.00 bits per heavy atom. The van der Waals surface area contributed by atoms with Gasteiger partial charge in [0.15, 0.2) is 0 Å². The zero-order valence-corrected chi connectivity index (χ0v) is 11.5. The highest BCUT2D eigenvalue weighted by Crippen LogP contribution is 2.28. The van der Waals surface area contributed by atoms with E-state index in [9.17, 15) is 4.39 Å².